The first kappa shape index (κ1) is 17.1. The van der Waals surface area contributed by atoms with Crippen molar-refractivity contribution in [2.45, 2.75) is 40.0 Å². The Bertz CT molecular complexity index is 943. The summed E-state index contributed by atoms with van der Waals surface area (Å²) in [6.07, 6.45) is 0. The number of hydrogen-bond acceptors (Lipinski definition) is 3. The maximum atomic E-state index is 12.1. The van der Waals surface area contributed by atoms with E-state index in [9.17, 15) is 4.79 Å². The molecule has 1 aromatic heterocycles. The van der Waals surface area contributed by atoms with E-state index in [1.807, 2.05) is 44.2 Å². The second-order valence-corrected chi connectivity index (χ2v) is 7.42. The lowest BCUT2D eigenvalue weighted by Gasteiger charge is -2.19. The first-order chi connectivity index (χ1) is 11.8. The van der Waals surface area contributed by atoms with Gasteiger partial charge in [0.25, 0.3) is 0 Å². The maximum Gasteiger partial charge on any atom is 0.348 e. The van der Waals surface area contributed by atoms with Crippen LogP contribution in [0, 0.1) is 13.8 Å². The Morgan fingerprint density at radius 2 is 1.48 bits per heavy atom. The number of benzene rings is 2. The van der Waals surface area contributed by atoms with Gasteiger partial charge in [-0.25, -0.2) is 9.78 Å². The molecule has 3 rings (SSSR count). The summed E-state index contributed by atoms with van der Waals surface area (Å²) in [5.41, 5.74) is 4.86. The average Bonchev–Trinajstić information content (AvgIpc) is 2.53. The molecule has 0 aliphatic heterocycles. The number of H-pyrrole nitrogens is 1. The molecule has 0 unspecified atom stereocenters. The Hall–Kier alpha value is -2.75. The molecular weight excluding hydrogens is 310 g/mol. The molecule has 0 atom stereocenters. The predicted octanol–water partition coefficient (Wildman–Crippen LogP) is 4.41. The number of aromatic nitrogens is 3. The fourth-order valence-electron chi connectivity index (χ4n) is 2.94. The number of rotatable bonds is 2. The Morgan fingerprint density at radius 1 is 0.880 bits per heavy atom. The molecule has 0 saturated carbocycles. The lowest BCUT2D eigenvalue weighted by atomic mass is 9.87. The van der Waals surface area contributed by atoms with Gasteiger partial charge in [0.2, 0.25) is 0 Å². The zero-order chi connectivity index (χ0) is 18.2. The van der Waals surface area contributed by atoms with Crippen molar-refractivity contribution in [3.05, 3.63) is 69.6 Å². The largest absolute Gasteiger partial charge is 0.348 e. The van der Waals surface area contributed by atoms with E-state index in [2.05, 4.69) is 47.9 Å². The van der Waals surface area contributed by atoms with Crippen LogP contribution < -0.4 is 5.69 Å². The van der Waals surface area contributed by atoms with Gasteiger partial charge in [-0.2, -0.15) is 4.98 Å². The summed E-state index contributed by atoms with van der Waals surface area (Å²) in [7, 11) is 0. The van der Waals surface area contributed by atoms with Crippen molar-refractivity contribution in [1.82, 2.24) is 15.0 Å². The summed E-state index contributed by atoms with van der Waals surface area (Å²) in [6.45, 7) is 10.5. The molecule has 1 heterocycles. The molecule has 0 radical (unpaired) electrons. The van der Waals surface area contributed by atoms with E-state index >= 15 is 0 Å². The van der Waals surface area contributed by atoms with Crippen molar-refractivity contribution in [1.29, 1.82) is 0 Å². The van der Waals surface area contributed by atoms with E-state index in [0.29, 0.717) is 11.6 Å². The van der Waals surface area contributed by atoms with Crippen LogP contribution in [0.1, 0.15) is 37.5 Å². The monoisotopic (exact) mass is 333 g/mol. The standard InChI is InChI=1S/C21H23N3O/c1-13-7-6-8-14(2)17(13)19-22-18(23-20(25)24-19)15-9-11-16(12-10-15)21(3,4)5/h6-12H,1-5H3,(H,22,23,24,25). The first-order valence-electron chi connectivity index (χ1n) is 8.41. The van der Waals surface area contributed by atoms with Gasteiger partial charge in [0.1, 0.15) is 5.82 Å². The number of nitrogens with zero attached hydrogens (tertiary/aromatic N) is 2. The second-order valence-electron chi connectivity index (χ2n) is 7.42. The van der Waals surface area contributed by atoms with Crippen molar-refractivity contribution in [3.63, 3.8) is 0 Å². The lowest BCUT2D eigenvalue weighted by Crippen LogP contribution is -2.15. The minimum Gasteiger partial charge on any atom is -0.290 e. The van der Waals surface area contributed by atoms with Gasteiger partial charge in [-0.1, -0.05) is 63.2 Å². The molecule has 25 heavy (non-hydrogen) atoms. The van der Waals surface area contributed by atoms with Gasteiger partial charge in [-0.15, -0.1) is 0 Å². The number of hydrogen-bond donors (Lipinski definition) is 1. The maximum absolute atomic E-state index is 12.1. The highest BCUT2D eigenvalue weighted by molar-refractivity contribution is 5.66. The van der Waals surface area contributed by atoms with Crippen LogP contribution in [0.15, 0.2) is 47.3 Å². The van der Waals surface area contributed by atoms with Crippen LogP contribution in [-0.2, 0) is 5.41 Å². The molecule has 0 aliphatic rings. The lowest BCUT2D eigenvalue weighted by molar-refractivity contribution is 0.590. The van der Waals surface area contributed by atoms with Gasteiger partial charge in [0.05, 0.1) is 0 Å². The van der Waals surface area contributed by atoms with E-state index in [1.165, 1.54) is 5.56 Å². The van der Waals surface area contributed by atoms with Gasteiger partial charge < -0.3 is 0 Å². The van der Waals surface area contributed by atoms with Crippen molar-refractivity contribution in [3.8, 4) is 22.8 Å². The smallest absolute Gasteiger partial charge is 0.290 e. The van der Waals surface area contributed by atoms with Crippen LogP contribution in [0.2, 0.25) is 0 Å². The van der Waals surface area contributed by atoms with Crippen LogP contribution in [0.3, 0.4) is 0 Å². The molecule has 4 nitrogen and oxygen atoms in total. The molecule has 0 amide bonds. The molecule has 4 heteroatoms. The topological polar surface area (TPSA) is 58.6 Å². The minimum absolute atomic E-state index is 0.0803. The first-order valence-corrected chi connectivity index (χ1v) is 8.41. The van der Waals surface area contributed by atoms with Crippen LogP contribution >= 0.6 is 0 Å². The van der Waals surface area contributed by atoms with Crippen molar-refractivity contribution in [2.24, 2.45) is 0 Å². The average molecular weight is 333 g/mol. The number of nitrogens with one attached hydrogen (secondary N) is 1. The van der Waals surface area contributed by atoms with Crippen LogP contribution in [0.25, 0.3) is 22.8 Å². The van der Waals surface area contributed by atoms with Crippen molar-refractivity contribution < 1.29 is 0 Å². The zero-order valence-corrected chi connectivity index (χ0v) is 15.3. The summed E-state index contributed by atoms with van der Waals surface area (Å²) in [5.74, 6) is 1.01. The quantitative estimate of drug-likeness (QED) is 0.755. The molecule has 0 saturated heterocycles. The van der Waals surface area contributed by atoms with Crippen molar-refractivity contribution in [2.75, 3.05) is 0 Å². The van der Waals surface area contributed by atoms with E-state index in [1.54, 1.807) is 0 Å². The molecule has 3 aromatic rings. The summed E-state index contributed by atoms with van der Waals surface area (Å²) in [5, 5.41) is 0. The summed E-state index contributed by atoms with van der Waals surface area (Å²) < 4.78 is 0. The molecule has 1 N–H and O–H groups in total. The molecule has 0 fully saturated rings. The fraction of sp³-hybridized carbons (Fsp3) is 0.286. The number of aryl methyl sites for hydroxylation is 2. The van der Waals surface area contributed by atoms with Gasteiger partial charge in [-0.3, -0.25) is 4.98 Å². The molecule has 128 valence electrons. The SMILES string of the molecule is Cc1cccc(C)c1-c1nc(-c2ccc(C(C)(C)C)cc2)nc(=O)[nH]1. The van der Waals surface area contributed by atoms with Crippen molar-refractivity contribution >= 4 is 0 Å². The normalized spacial score (nSPS) is 11.6. The van der Waals surface area contributed by atoms with Crippen LogP contribution in [-0.4, -0.2) is 15.0 Å². The third kappa shape index (κ3) is 3.53. The molecule has 0 bridgehead atoms. The fourth-order valence-corrected chi connectivity index (χ4v) is 2.94. The zero-order valence-electron chi connectivity index (χ0n) is 15.3. The Kier molecular flexibility index (Phi) is 4.29. The van der Waals surface area contributed by atoms with Gasteiger partial charge in [-0.05, 0) is 36.0 Å². The van der Waals surface area contributed by atoms with Gasteiger partial charge in [0.15, 0.2) is 5.82 Å². The molecule has 0 spiro atoms. The summed E-state index contributed by atoms with van der Waals surface area (Å²) >= 11 is 0. The predicted molar refractivity (Wildman–Crippen MR) is 102 cm³/mol. The Morgan fingerprint density at radius 3 is 2.04 bits per heavy atom. The second kappa shape index (κ2) is 6.28. The highest BCUT2D eigenvalue weighted by Crippen LogP contribution is 2.26. The van der Waals surface area contributed by atoms with Gasteiger partial charge >= 0.3 is 5.69 Å². The highest BCUT2D eigenvalue weighted by atomic mass is 16.1. The van der Waals surface area contributed by atoms with Crippen LogP contribution in [0.4, 0.5) is 0 Å². The Balaban J connectivity index is 2.10. The van der Waals surface area contributed by atoms with E-state index in [-0.39, 0.29) is 11.1 Å². The van der Waals surface area contributed by atoms with E-state index < -0.39 is 0 Å². The van der Waals surface area contributed by atoms with E-state index in [4.69, 9.17) is 0 Å². The minimum atomic E-state index is -0.387. The molecule has 0 aliphatic carbocycles. The van der Waals surface area contributed by atoms with Crippen LogP contribution in [0.5, 0.6) is 0 Å². The Labute approximate surface area is 148 Å². The van der Waals surface area contributed by atoms with Gasteiger partial charge in [0, 0.05) is 11.1 Å². The third-order valence-corrected chi connectivity index (χ3v) is 4.38. The molecular formula is C21H23N3O. The molecule has 2 aromatic carbocycles. The summed E-state index contributed by atoms with van der Waals surface area (Å²) in [6, 6.07) is 14.1. The third-order valence-electron chi connectivity index (χ3n) is 4.38. The summed E-state index contributed by atoms with van der Waals surface area (Å²) in [4.78, 5) is 23.6. The highest BCUT2D eigenvalue weighted by Gasteiger charge is 2.15. The van der Waals surface area contributed by atoms with E-state index in [0.717, 1.165) is 22.3 Å². The number of aromatic amines is 1.